The number of allylic oxidation sites excluding steroid dienone is 2. The number of ether oxygens (including phenoxy) is 4. The fraction of sp³-hybridized carbons (Fsp3) is 0.696. The van der Waals surface area contributed by atoms with E-state index in [0.717, 1.165) is 12.7 Å². The monoisotopic (exact) mass is 462 g/mol. The van der Waals surface area contributed by atoms with E-state index in [2.05, 4.69) is 0 Å². The van der Waals surface area contributed by atoms with E-state index in [-0.39, 0.29) is 18.4 Å². The third-order valence-electron chi connectivity index (χ3n) is 9.45. The molecule has 10 heteroatoms. The number of hydrogen-bond donors (Lipinski definition) is 3. The first-order valence-electron chi connectivity index (χ1n) is 11.2. The number of carbonyl (C=O) groups is 3. The summed E-state index contributed by atoms with van der Waals surface area (Å²) >= 11 is 0. The minimum Gasteiger partial charge on any atom is -0.467 e. The van der Waals surface area contributed by atoms with Crippen LogP contribution < -0.4 is 0 Å². The van der Waals surface area contributed by atoms with Crippen molar-refractivity contribution in [1.29, 1.82) is 0 Å². The zero-order valence-corrected chi connectivity index (χ0v) is 18.4. The molecule has 33 heavy (non-hydrogen) atoms. The van der Waals surface area contributed by atoms with E-state index in [0.29, 0.717) is 12.2 Å². The molecular formula is C23H26O10. The summed E-state index contributed by atoms with van der Waals surface area (Å²) in [5.74, 6) is -4.21. The highest BCUT2D eigenvalue weighted by molar-refractivity contribution is 5.89. The van der Waals surface area contributed by atoms with Crippen molar-refractivity contribution < 1.29 is 48.7 Å². The van der Waals surface area contributed by atoms with Crippen molar-refractivity contribution in [3.63, 3.8) is 0 Å². The lowest BCUT2D eigenvalue weighted by atomic mass is 9.38. The SMILES string of the molecule is COC(=O)[C@]12OC[C@]34[C@H](C(O)[C@@H]1O)[C@@]1(C)C=C5OC(=O)C=C5[C@@H](C)[C@@H]1C[C@H]3OC(=O)C(O)[C@@H]24. The Morgan fingerprint density at radius 2 is 1.94 bits per heavy atom. The lowest BCUT2D eigenvalue weighted by Gasteiger charge is -2.67. The van der Waals surface area contributed by atoms with Crippen LogP contribution in [0.2, 0.25) is 0 Å². The highest BCUT2D eigenvalue weighted by Gasteiger charge is 2.84. The number of rotatable bonds is 1. The van der Waals surface area contributed by atoms with Gasteiger partial charge in [-0.25, -0.2) is 14.4 Å². The van der Waals surface area contributed by atoms with Gasteiger partial charge in [-0.1, -0.05) is 13.8 Å². The molecule has 2 saturated carbocycles. The number of hydrogen-bond acceptors (Lipinski definition) is 10. The number of fused-ring (bicyclic) bond motifs is 3. The fourth-order valence-corrected chi connectivity index (χ4v) is 8.31. The Balaban J connectivity index is 1.60. The summed E-state index contributed by atoms with van der Waals surface area (Å²) in [5, 5.41) is 33.8. The molecule has 3 aliphatic carbocycles. The summed E-state index contributed by atoms with van der Waals surface area (Å²) in [6.07, 6.45) is -2.12. The summed E-state index contributed by atoms with van der Waals surface area (Å²) in [7, 11) is 1.12. The molecule has 0 aromatic rings. The Labute approximate surface area is 189 Å². The molecule has 0 aromatic carbocycles. The number of aliphatic hydroxyl groups excluding tert-OH is 3. The van der Waals surface area contributed by atoms with Crippen LogP contribution in [0.1, 0.15) is 20.3 Å². The third kappa shape index (κ3) is 2.12. The molecule has 3 heterocycles. The standard InChI is InChI=1S/C23H26O10/c1-8-9-4-13(24)32-11(9)6-21(2)10(8)5-12-22-7-31-23(20(29)30-3,18(27)14(25)16(21)22)17(22)15(26)19(28)33-12/h4,6,8,10,12,14-18,25-27H,5,7H2,1-3H3/t8-,10+,12-,14?,15?,16-,17-,18+,21+,22-,23-/m1/s1. The Morgan fingerprint density at radius 1 is 1.21 bits per heavy atom. The summed E-state index contributed by atoms with van der Waals surface area (Å²) < 4.78 is 22.0. The largest absolute Gasteiger partial charge is 0.467 e. The van der Waals surface area contributed by atoms with Gasteiger partial charge in [-0.3, -0.25) is 0 Å². The van der Waals surface area contributed by atoms with Gasteiger partial charge < -0.3 is 34.3 Å². The predicted octanol–water partition coefficient (Wildman–Crippen LogP) is -0.788. The van der Waals surface area contributed by atoms with Crippen LogP contribution in [-0.2, 0) is 33.3 Å². The second-order valence-corrected chi connectivity index (χ2v) is 10.5. The second kappa shape index (κ2) is 6.24. The van der Waals surface area contributed by atoms with E-state index < -0.39 is 70.6 Å². The number of methoxy groups -OCH3 is 1. The normalized spacial score (nSPS) is 53.6. The average Bonchev–Trinajstić information content (AvgIpc) is 3.29. The minimum absolute atomic E-state index is 0.122. The van der Waals surface area contributed by atoms with Crippen molar-refractivity contribution in [3.8, 4) is 0 Å². The molecule has 0 aromatic heterocycles. The van der Waals surface area contributed by atoms with E-state index in [9.17, 15) is 29.7 Å². The van der Waals surface area contributed by atoms with E-state index in [1.807, 2.05) is 19.9 Å². The van der Waals surface area contributed by atoms with Crippen molar-refractivity contribution in [2.45, 2.75) is 50.3 Å². The van der Waals surface area contributed by atoms with Crippen molar-refractivity contribution >= 4 is 17.9 Å². The van der Waals surface area contributed by atoms with Crippen LogP contribution in [0.25, 0.3) is 0 Å². The molecular weight excluding hydrogens is 436 g/mol. The fourth-order valence-electron chi connectivity index (χ4n) is 8.31. The van der Waals surface area contributed by atoms with Gasteiger partial charge in [0.05, 0.1) is 25.7 Å². The minimum atomic E-state index is -2.11. The maximum Gasteiger partial charge on any atom is 0.341 e. The average molecular weight is 462 g/mol. The zero-order valence-electron chi connectivity index (χ0n) is 18.4. The molecule has 3 N–H and O–H groups in total. The van der Waals surface area contributed by atoms with Crippen LogP contribution in [0.5, 0.6) is 0 Å². The molecule has 3 aliphatic heterocycles. The van der Waals surface area contributed by atoms with Gasteiger partial charge in [-0.15, -0.1) is 0 Å². The van der Waals surface area contributed by atoms with Gasteiger partial charge >= 0.3 is 17.9 Å². The van der Waals surface area contributed by atoms with Crippen LogP contribution >= 0.6 is 0 Å². The van der Waals surface area contributed by atoms with Gasteiger partial charge in [0, 0.05) is 23.0 Å². The van der Waals surface area contributed by atoms with Gasteiger partial charge in [0.1, 0.15) is 18.0 Å². The molecule has 178 valence electrons. The van der Waals surface area contributed by atoms with E-state index >= 15 is 0 Å². The molecule has 6 rings (SSSR count). The van der Waals surface area contributed by atoms with E-state index in [1.165, 1.54) is 6.08 Å². The Bertz CT molecular complexity index is 1050. The number of esters is 3. The Morgan fingerprint density at radius 3 is 2.64 bits per heavy atom. The first-order valence-corrected chi connectivity index (χ1v) is 11.2. The van der Waals surface area contributed by atoms with E-state index in [1.54, 1.807) is 0 Å². The van der Waals surface area contributed by atoms with Crippen LogP contribution in [0.4, 0.5) is 0 Å². The molecule has 2 saturated heterocycles. The van der Waals surface area contributed by atoms with Gasteiger partial charge in [0.25, 0.3) is 0 Å². The van der Waals surface area contributed by atoms with Crippen molar-refractivity contribution in [2.75, 3.05) is 13.7 Å². The van der Waals surface area contributed by atoms with E-state index in [4.69, 9.17) is 18.9 Å². The van der Waals surface area contributed by atoms with Crippen LogP contribution in [0, 0.1) is 34.5 Å². The topological polar surface area (TPSA) is 149 Å². The van der Waals surface area contributed by atoms with Crippen molar-refractivity contribution in [1.82, 2.24) is 0 Å². The summed E-state index contributed by atoms with van der Waals surface area (Å²) in [4.78, 5) is 37.7. The lowest BCUT2D eigenvalue weighted by Crippen LogP contribution is -2.78. The molecule has 0 radical (unpaired) electrons. The Kier molecular flexibility index (Phi) is 4.02. The molecule has 0 amide bonds. The highest BCUT2D eigenvalue weighted by atomic mass is 16.6. The molecule has 2 bridgehead atoms. The summed E-state index contributed by atoms with van der Waals surface area (Å²) in [6, 6.07) is 0. The predicted molar refractivity (Wildman–Crippen MR) is 106 cm³/mol. The van der Waals surface area contributed by atoms with Crippen LogP contribution in [0.15, 0.2) is 23.5 Å². The molecule has 2 unspecified atom stereocenters. The van der Waals surface area contributed by atoms with Crippen molar-refractivity contribution in [2.24, 2.45) is 34.5 Å². The van der Waals surface area contributed by atoms with Crippen LogP contribution in [0.3, 0.4) is 0 Å². The molecule has 6 aliphatic rings. The summed E-state index contributed by atoms with van der Waals surface area (Å²) in [5.41, 5.74) is -3.35. The van der Waals surface area contributed by atoms with Crippen LogP contribution in [-0.4, -0.2) is 77.0 Å². The third-order valence-corrected chi connectivity index (χ3v) is 9.45. The second-order valence-electron chi connectivity index (χ2n) is 10.5. The highest BCUT2D eigenvalue weighted by Crippen LogP contribution is 2.72. The first-order chi connectivity index (χ1) is 15.5. The summed E-state index contributed by atoms with van der Waals surface area (Å²) in [6.45, 7) is 3.75. The molecule has 11 atom stereocenters. The smallest absolute Gasteiger partial charge is 0.341 e. The first kappa shape index (κ1) is 21.3. The lowest BCUT2D eigenvalue weighted by molar-refractivity contribution is -0.287. The maximum atomic E-state index is 13.0. The maximum absolute atomic E-state index is 13.0. The van der Waals surface area contributed by atoms with Gasteiger partial charge in [0.15, 0.2) is 11.7 Å². The van der Waals surface area contributed by atoms with Gasteiger partial charge in [0.2, 0.25) is 0 Å². The molecule has 4 fully saturated rings. The molecule has 10 nitrogen and oxygen atoms in total. The van der Waals surface area contributed by atoms with Crippen molar-refractivity contribution in [3.05, 3.63) is 23.5 Å². The molecule has 1 spiro atoms. The van der Waals surface area contributed by atoms with Gasteiger partial charge in [-0.05, 0) is 29.7 Å². The quantitative estimate of drug-likeness (QED) is 0.334. The van der Waals surface area contributed by atoms with Gasteiger partial charge in [-0.2, -0.15) is 0 Å². The number of carbonyl (C=O) groups excluding carboxylic acids is 3. The zero-order chi connectivity index (χ0) is 23.7. The number of aliphatic hydroxyl groups is 3. The Hall–Kier alpha value is -2.27.